The molecule has 0 atom stereocenters. The van der Waals surface area contributed by atoms with Gasteiger partial charge in [-0.3, -0.25) is 9.59 Å². The van der Waals surface area contributed by atoms with Crippen LogP contribution in [0.2, 0.25) is 0 Å². The fraction of sp³-hybridized carbons (Fsp3) is 0.647. The van der Waals surface area contributed by atoms with Crippen LogP contribution in [0.3, 0.4) is 0 Å². The van der Waals surface area contributed by atoms with Gasteiger partial charge in [0.05, 0.1) is 11.8 Å². The number of hydrogen-bond donors (Lipinski definition) is 2. The molecule has 1 fully saturated rings. The van der Waals surface area contributed by atoms with Crippen molar-refractivity contribution in [1.82, 2.24) is 15.5 Å². The van der Waals surface area contributed by atoms with Crippen molar-refractivity contribution in [2.24, 2.45) is 11.8 Å². The lowest BCUT2D eigenvalue weighted by Gasteiger charge is -2.32. The number of carbonyl (C=O) groups excluding carboxylic acids is 2. The van der Waals surface area contributed by atoms with Gasteiger partial charge in [-0.2, -0.15) is 0 Å². The second-order valence-corrected chi connectivity index (χ2v) is 6.53. The number of amides is 2. The highest BCUT2D eigenvalue weighted by molar-refractivity contribution is 5.93. The minimum absolute atomic E-state index is 0.1000. The van der Waals surface area contributed by atoms with Gasteiger partial charge in [-0.25, -0.2) is 0 Å². The van der Waals surface area contributed by atoms with Crippen LogP contribution in [0.25, 0.3) is 0 Å². The summed E-state index contributed by atoms with van der Waals surface area (Å²) >= 11 is 0. The summed E-state index contributed by atoms with van der Waals surface area (Å²) in [6.45, 7) is 8.40. The van der Waals surface area contributed by atoms with Crippen LogP contribution in [0.15, 0.2) is 23.0 Å². The Morgan fingerprint density at radius 3 is 2.57 bits per heavy atom. The van der Waals surface area contributed by atoms with Crippen LogP contribution in [-0.2, 0) is 4.79 Å². The van der Waals surface area contributed by atoms with Crippen LogP contribution in [0.4, 0.5) is 0 Å². The molecule has 2 rings (SSSR count). The first-order valence-electron chi connectivity index (χ1n) is 8.36. The van der Waals surface area contributed by atoms with Crippen molar-refractivity contribution in [1.29, 1.82) is 0 Å². The van der Waals surface area contributed by atoms with Gasteiger partial charge < -0.3 is 20.0 Å². The molecule has 1 aromatic heterocycles. The second-order valence-electron chi connectivity index (χ2n) is 6.53. The third-order valence-electron chi connectivity index (χ3n) is 4.07. The average Bonchev–Trinajstić information content (AvgIpc) is 3.05. The molecule has 0 saturated carbocycles. The Hall–Kier alpha value is -1.82. The van der Waals surface area contributed by atoms with Gasteiger partial charge in [-0.15, -0.1) is 0 Å². The predicted octanol–water partition coefficient (Wildman–Crippen LogP) is 1.49. The monoisotopic (exact) mass is 321 g/mol. The van der Waals surface area contributed by atoms with Crippen molar-refractivity contribution in [3.63, 3.8) is 0 Å². The van der Waals surface area contributed by atoms with Crippen molar-refractivity contribution in [3.05, 3.63) is 24.2 Å². The maximum Gasteiger partial charge on any atom is 0.254 e. The van der Waals surface area contributed by atoms with Crippen LogP contribution in [0.5, 0.6) is 0 Å². The maximum atomic E-state index is 12.1. The van der Waals surface area contributed by atoms with Crippen LogP contribution in [-0.4, -0.2) is 49.4 Å². The van der Waals surface area contributed by atoms with E-state index in [9.17, 15) is 9.59 Å². The standard InChI is InChI=1S/C17H27N3O3/c1-13(2)11-20-8-3-14(4-9-20)16(21)18-6-7-19-17(22)15-5-10-23-12-15/h5,10,12-14H,3-4,6-9,11H2,1-2H3,(H,18,21)(H,19,22). The Labute approximate surface area is 137 Å². The predicted molar refractivity (Wildman–Crippen MR) is 88.1 cm³/mol. The maximum absolute atomic E-state index is 12.1. The number of hydrogen-bond acceptors (Lipinski definition) is 4. The van der Waals surface area contributed by atoms with Crippen molar-refractivity contribution in [3.8, 4) is 0 Å². The number of nitrogens with zero attached hydrogens (tertiary/aromatic N) is 1. The van der Waals surface area contributed by atoms with Crippen LogP contribution >= 0.6 is 0 Å². The van der Waals surface area contributed by atoms with Gasteiger partial charge in [0.1, 0.15) is 6.26 Å². The molecule has 0 spiro atoms. The van der Waals surface area contributed by atoms with E-state index < -0.39 is 0 Å². The lowest BCUT2D eigenvalue weighted by atomic mass is 9.95. The summed E-state index contributed by atoms with van der Waals surface area (Å²) in [6.07, 6.45) is 4.70. The Bertz CT molecular complexity index is 491. The van der Waals surface area contributed by atoms with Crippen LogP contribution in [0, 0.1) is 11.8 Å². The van der Waals surface area contributed by atoms with E-state index in [-0.39, 0.29) is 17.7 Å². The minimum Gasteiger partial charge on any atom is -0.472 e. The van der Waals surface area contributed by atoms with E-state index in [2.05, 4.69) is 29.4 Å². The summed E-state index contributed by atoms with van der Waals surface area (Å²) in [7, 11) is 0. The lowest BCUT2D eigenvalue weighted by molar-refractivity contribution is -0.126. The second kappa shape index (κ2) is 8.72. The number of furan rings is 1. The van der Waals surface area contributed by atoms with Gasteiger partial charge >= 0.3 is 0 Å². The molecule has 0 unspecified atom stereocenters. The summed E-state index contributed by atoms with van der Waals surface area (Å²) in [4.78, 5) is 26.3. The quantitative estimate of drug-likeness (QED) is 0.746. The SMILES string of the molecule is CC(C)CN1CCC(C(=O)NCCNC(=O)c2ccoc2)CC1. The van der Waals surface area contributed by atoms with E-state index in [1.54, 1.807) is 6.07 Å². The minimum atomic E-state index is -0.185. The first kappa shape index (κ1) is 17.5. The van der Waals surface area contributed by atoms with Gasteiger partial charge in [0.2, 0.25) is 5.91 Å². The molecule has 1 aliphatic rings. The topological polar surface area (TPSA) is 74.6 Å². The average molecular weight is 321 g/mol. The van der Waals surface area contributed by atoms with Gasteiger partial charge in [0.15, 0.2) is 0 Å². The molecule has 23 heavy (non-hydrogen) atoms. The van der Waals surface area contributed by atoms with Crippen LogP contribution in [0.1, 0.15) is 37.0 Å². The molecule has 2 amide bonds. The zero-order chi connectivity index (χ0) is 16.7. The number of rotatable bonds is 7. The molecule has 128 valence electrons. The summed E-state index contributed by atoms with van der Waals surface area (Å²) in [5, 5.41) is 5.66. The van der Waals surface area contributed by atoms with Crippen LogP contribution < -0.4 is 10.6 Å². The highest BCUT2D eigenvalue weighted by Crippen LogP contribution is 2.18. The molecule has 6 heteroatoms. The number of nitrogens with one attached hydrogen (secondary N) is 2. The molecule has 1 saturated heterocycles. The molecule has 0 aliphatic carbocycles. The third kappa shape index (κ3) is 5.71. The van der Waals surface area contributed by atoms with E-state index in [0.29, 0.717) is 24.6 Å². The normalized spacial score (nSPS) is 16.5. The van der Waals surface area contributed by atoms with E-state index in [0.717, 1.165) is 32.5 Å². The van der Waals surface area contributed by atoms with Gasteiger partial charge in [0.25, 0.3) is 5.91 Å². The number of piperidine rings is 1. The van der Waals surface area contributed by atoms with Gasteiger partial charge in [-0.1, -0.05) is 13.8 Å². The van der Waals surface area contributed by atoms with E-state index in [1.807, 2.05) is 0 Å². The highest BCUT2D eigenvalue weighted by atomic mass is 16.3. The Morgan fingerprint density at radius 1 is 1.26 bits per heavy atom. The Kier molecular flexibility index (Phi) is 6.65. The molecule has 0 radical (unpaired) electrons. The number of likely N-dealkylation sites (tertiary alicyclic amines) is 1. The molecular weight excluding hydrogens is 294 g/mol. The largest absolute Gasteiger partial charge is 0.472 e. The molecular formula is C17H27N3O3. The highest BCUT2D eigenvalue weighted by Gasteiger charge is 2.24. The van der Waals surface area contributed by atoms with E-state index in [4.69, 9.17) is 4.42 Å². The van der Waals surface area contributed by atoms with Crippen molar-refractivity contribution in [2.45, 2.75) is 26.7 Å². The van der Waals surface area contributed by atoms with Crippen molar-refractivity contribution >= 4 is 11.8 Å². The first-order valence-corrected chi connectivity index (χ1v) is 8.36. The smallest absolute Gasteiger partial charge is 0.254 e. The van der Waals surface area contributed by atoms with E-state index in [1.165, 1.54) is 12.5 Å². The Morgan fingerprint density at radius 2 is 1.96 bits per heavy atom. The van der Waals surface area contributed by atoms with Crippen molar-refractivity contribution < 1.29 is 14.0 Å². The molecule has 2 N–H and O–H groups in total. The first-order chi connectivity index (χ1) is 11.1. The molecule has 1 aromatic rings. The molecule has 0 bridgehead atoms. The fourth-order valence-electron chi connectivity index (χ4n) is 2.90. The fourth-order valence-corrected chi connectivity index (χ4v) is 2.90. The lowest BCUT2D eigenvalue weighted by Crippen LogP contribution is -2.43. The Balaban J connectivity index is 1.59. The summed E-state index contributed by atoms with van der Waals surface area (Å²) in [5.41, 5.74) is 0.494. The summed E-state index contributed by atoms with van der Waals surface area (Å²) < 4.78 is 4.86. The molecule has 1 aliphatic heterocycles. The third-order valence-corrected chi connectivity index (χ3v) is 4.07. The number of carbonyl (C=O) groups is 2. The van der Waals surface area contributed by atoms with Crippen molar-refractivity contribution in [2.75, 3.05) is 32.7 Å². The molecule has 6 nitrogen and oxygen atoms in total. The summed E-state index contributed by atoms with van der Waals surface area (Å²) in [5.74, 6) is 0.684. The zero-order valence-corrected chi connectivity index (χ0v) is 14.0. The molecule has 0 aromatic carbocycles. The molecule has 2 heterocycles. The van der Waals surface area contributed by atoms with Gasteiger partial charge in [0, 0.05) is 25.6 Å². The van der Waals surface area contributed by atoms with Gasteiger partial charge in [-0.05, 0) is 37.9 Å². The summed E-state index contributed by atoms with van der Waals surface area (Å²) in [6, 6.07) is 1.61. The van der Waals surface area contributed by atoms with E-state index >= 15 is 0 Å². The zero-order valence-electron chi connectivity index (χ0n) is 14.0.